The molecule has 25 heavy (non-hydrogen) atoms. The molecule has 2 saturated heterocycles. The molecule has 2 aliphatic heterocycles. The number of likely N-dealkylation sites (tertiary alicyclic amines) is 1. The monoisotopic (exact) mass is 339 g/mol. The topological polar surface area (TPSA) is 75.5 Å². The summed E-state index contributed by atoms with van der Waals surface area (Å²) in [5, 5.41) is 0. The molecule has 0 atom stereocenters. The summed E-state index contributed by atoms with van der Waals surface area (Å²) in [6.07, 6.45) is 9.83. The van der Waals surface area contributed by atoms with Crippen LogP contribution in [-0.2, 0) is 4.74 Å². The molecule has 0 aliphatic carbocycles. The molecule has 7 nitrogen and oxygen atoms in total. The van der Waals surface area contributed by atoms with E-state index in [1.165, 1.54) is 5.56 Å². The van der Waals surface area contributed by atoms with Crippen LogP contribution in [0.3, 0.4) is 0 Å². The van der Waals surface area contributed by atoms with E-state index in [1.54, 1.807) is 6.20 Å². The molecule has 5 rings (SSSR count). The Morgan fingerprint density at radius 2 is 2.04 bits per heavy atom. The van der Waals surface area contributed by atoms with Gasteiger partial charge in [0.1, 0.15) is 5.69 Å². The summed E-state index contributed by atoms with van der Waals surface area (Å²) in [6.45, 7) is 3.25. The molecule has 7 heteroatoms. The molecule has 0 bridgehead atoms. The fourth-order valence-corrected chi connectivity index (χ4v) is 4.06. The molecule has 0 aromatic carbocycles. The van der Waals surface area contributed by atoms with Gasteiger partial charge in [-0.15, -0.1) is 0 Å². The number of hydrogen-bond donors (Lipinski definition) is 1. The van der Waals surface area contributed by atoms with Gasteiger partial charge in [-0.2, -0.15) is 0 Å². The van der Waals surface area contributed by atoms with Crippen LogP contribution in [0.2, 0.25) is 0 Å². The van der Waals surface area contributed by atoms with Gasteiger partial charge in [-0.1, -0.05) is 0 Å². The molecule has 3 aromatic heterocycles. The molecule has 1 N–H and O–H groups in total. The average Bonchev–Trinajstić information content (AvgIpc) is 3.39. The van der Waals surface area contributed by atoms with Crippen molar-refractivity contribution in [3.05, 3.63) is 29.8 Å². The Hall–Kier alpha value is -2.41. The summed E-state index contributed by atoms with van der Waals surface area (Å²) in [6, 6.07) is 0. The van der Waals surface area contributed by atoms with Crippen LogP contribution >= 0.6 is 0 Å². The van der Waals surface area contributed by atoms with Crippen molar-refractivity contribution < 1.29 is 9.53 Å². The Morgan fingerprint density at radius 1 is 1.24 bits per heavy atom. The minimum absolute atomic E-state index is 0.0255. The minimum Gasteiger partial charge on any atom is -0.381 e. The third-order valence-corrected chi connectivity index (χ3v) is 5.42. The minimum atomic E-state index is 0.0255. The molecule has 2 aliphatic rings. The summed E-state index contributed by atoms with van der Waals surface area (Å²) in [7, 11) is 0. The van der Waals surface area contributed by atoms with Crippen LogP contribution in [-0.4, -0.2) is 56.5 Å². The number of carbonyl (C=O) groups excluding carboxylic acids is 1. The fourth-order valence-electron chi connectivity index (χ4n) is 4.06. The predicted octanol–water partition coefficient (Wildman–Crippen LogP) is 2.34. The van der Waals surface area contributed by atoms with E-state index < -0.39 is 0 Å². The molecule has 0 spiro atoms. The summed E-state index contributed by atoms with van der Waals surface area (Å²) in [5.74, 6) is 0.479. The maximum atomic E-state index is 12.7. The number of nitrogens with zero attached hydrogens (tertiary/aromatic N) is 4. The van der Waals surface area contributed by atoms with Gasteiger partial charge in [0.15, 0.2) is 11.3 Å². The third kappa shape index (κ3) is 2.41. The standard InChI is InChI=1S/C18H21N5O2/c24-18(22-5-1-2-6-22)14-11-23-15(21-14)10-20-17-16(23)13(9-19-17)12-3-7-25-8-4-12/h9-12,19H,1-8H2. The number of fused-ring (bicyclic) bond motifs is 3. The van der Waals surface area contributed by atoms with Crippen LogP contribution in [0, 0.1) is 0 Å². The maximum absolute atomic E-state index is 12.7. The van der Waals surface area contributed by atoms with E-state index in [9.17, 15) is 4.79 Å². The number of amides is 1. The van der Waals surface area contributed by atoms with Crippen molar-refractivity contribution in [3.8, 4) is 0 Å². The Bertz CT molecular complexity index is 932. The normalized spacial score (nSPS) is 19.3. The van der Waals surface area contributed by atoms with Crippen molar-refractivity contribution >= 4 is 22.7 Å². The lowest BCUT2D eigenvalue weighted by Crippen LogP contribution is -2.27. The molecule has 2 fully saturated rings. The highest BCUT2D eigenvalue weighted by Gasteiger charge is 2.24. The second-order valence-corrected chi connectivity index (χ2v) is 6.94. The number of imidazole rings is 1. The summed E-state index contributed by atoms with van der Waals surface area (Å²) < 4.78 is 7.52. The largest absolute Gasteiger partial charge is 0.381 e. The van der Waals surface area contributed by atoms with Gasteiger partial charge in [0, 0.05) is 38.7 Å². The van der Waals surface area contributed by atoms with Crippen molar-refractivity contribution in [2.75, 3.05) is 26.3 Å². The number of nitrogens with one attached hydrogen (secondary N) is 1. The third-order valence-electron chi connectivity index (χ3n) is 5.42. The van der Waals surface area contributed by atoms with Crippen molar-refractivity contribution in [1.29, 1.82) is 0 Å². The van der Waals surface area contributed by atoms with Crippen molar-refractivity contribution in [2.24, 2.45) is 0 Å². The lowest BCUT2D eigenvalue weighted by Gasteiger charge is -2.21. The van der Waals surface area contributed by atoms with Crippen LogP contribution in [0.25, 0.3) is 16.8 Å². The number of hydrogen-bond acceptors (Lipinski definition) is 4. The van der Waals surface area contributed by atoms with Gasteiger partial charge in [-0.3, -0.25) is 9.20 Å². The smallest absolute Gasteiger partial charge is 0.274 e. The first-order chi connectivity index (χ1) is 12.3. The zero-order valence-corrected chi connectivity index (χ0v) is 14.1. The molecule has 1 amide bonds. The van der Waals surface area contributed by atoms with Crippen LogP contribution in [0.1, 0.15) is 47.7 Å². The van der Waals surface area contributed by atoms with Gasteiger partial charge in [0.25, 0.3) is 5.91 Å². The summed E-state index contributed by atoms with van der Waals surface area (Å²) in [5.41, 5.74) is 4.36. The first-order valence-electron chi connectivity index (χ1n) is 9.03. The van der Waals surface area contributed by atoms with Crippen molar-refractivity contribution in [3.63, 3.8) is 0 Å². The first-order valence-corrected chi connectivity index (χ1v) is 9.03. The highest BCUT2D eigenvalue weighted by Crippen LogP contribution is 2.32. The Morgan fingerprint density at radius 3 is 2.84 bits per heavy atom. The Balaban J connectivity index is 1.61. The number of aromatic nitrogens is 4. The molecule has 5 heterocycles. The molecule has 0 saturated carbocycles. The molecule has 0 radical (unpaired) electrons. The van der Waals surface area contributed by atoms with Crippen LogP contribution in [0.15, 0.2) is 18.6 Å². The van der Waals surface area contributed by atoms with Crippen LogP contribution in [0.4, 0.5) is 0 Å². The van der Waals surface area contributed by atoms with Crippen molar-refractivity contribution in [2.45, 2.75) is 31.6 Å². The summed E-state index contributed by atoms with van der Waals surface area (Å²) >= 11 is 0. The van der Waals surface area contributed by atoms with Gasteiger partial charge in [-0.05, 0) is 37.2 Å². The highest BCUT2D eigenvalue weighted by molar-refractivity contribution is 5.93. The number of ether oxygens (including phenoxy) is 1. The average molecular weight is 339 g/mol. The van der Waals surface area contributed by atoms with Gasteiger partial charge in [0.05, 0.1) is 11.7 Å². The Kier molecular flexibility index (Phi) is 3.48. The zero-order chi connectivity index (χ0) is 16.8. The number of H-pyrrole nitrogens is 1. The van der Waals surface area contributed by atoms with Crippen LogP contribution < -0.4 is 0 Å². The quantitative estimate of drug-likeness (QED) is 0.777. The van der Waals surface area contributed by atoms with Crippen molar-refractivity contribution in [1.82, 2.24) is 24.3 Å². The summed E-state index contributed by atoms with van der Waals surface area (Å²) in [4.78, 5) is 26.9. The van der Waals surface area contributed by atoms with E-state index in [0.717, 1.165) is 68.8 Å². The van der Waals surface area contributed by atoms with E-state index in [-0.39, 0.29) is 5.91 Å². The van der Waals surface area contributed by atoms with E-state index in [1.807, 2.05) is 15.5 Å². The zero-order valence-electron chi connectivity index (χ0n) is 14.1. The van der Waals surface area contributed by atoms with E-state index >= 15 is 0 Å². The molecule has 0 unspecified atom stereocenters. The Labute approximate surface area is 145 Å². The number of rotatable bonds is 2. The molecule has 3 aromatic rings. The highest BCUT2D eigenvalue weighted by atomic mass is 16.5. The number of carbonyl (C=O) groups is 1. The maximum Gasteiger partial charge on any atom is 0.274 e. The lowest BCUT2D eigenvalue weighted by molar-refractivity contribution is 0.0787. The SMILES string of the molecule is O=C(c1cn2c(cnc3[nH]cc(C4CCOCC4)c32)n1)N1CCCC1. The molecular weight excluding hydrogens is 318 g/mol. The van der Waals surface area contributed by atoms with E-state index in [0.29, 0.717) is 11.6 Å². The van der Waals surface area contributed by atoms with Gasteiger partial charge in [-0.25, -0.2) is 9.97 Å². The van der Waals surface area contributed by atoms with Gasteiger partial charge in [0.2, 0.25) is 0 Å². The molecular formula is C18H21N5O2. The van der Waals surface area contributed by atoms with E-state index in [4.69, 9.17) is 4.74 Å². The van der Waals surface area contributed by atoms with E-state index in [2.05, 4.69) is 21.1 Å². The van der Waals surface area contributed by atoms with Gasteiger partial charge < -0.3 is 14.6 Å². The van der Waals surface area contributed by atoms with Crippen LogP contribution in [0.5, 0.6) is 0 Å². The molecule has 130 valence electrons. The predicted molar refractivity (Wildman–Crippen MR) is 92.8 cm³/mol. The van der Waals surface area contributed by atoms with Gasteiger partial charge >= 0.3 is 0 Å². The lowest BCUT2D eigenvalue weighted by atomic mass is 9.93. The second kappa shape index (κ2) is 5.84. The first kappa shape index (κ1) is 14.9. The fraction of sp³-hybridized carbons (Fsp3) is 0.500. The number of aromatic amines is 1. The second-order valence-electron chi connectivity index (χ2n) is 6.94.